The van der Waals surface area contributed by atoms with Gasteiger partial charge in [-0.2, -0.15) is 0 Å². The molecule has 0 radical (unpaired) electrons. The molecule has 1 aliphatic carbocycles. The van der Waals surface area contributed by atoms with Gasteiger partial charge in [0.05, 0.1) is 11.1 Å². The Bertz CT molecular complexity index is 646. The Kier molecular flexibility index (Phi) is 4.17. The van der Waals surface area contributed by atoms with Crippen LogP contribution in [0.5, 0.6) is 0 Å². The van der Waals surface area contributed by atoms with Crippen LogP contribution in [0, 0.1) is 11.7 Å². The predicted molar refractivity (Wildman–Crippen MR) is 71.7 cm³/mol. The molecule has 1 fully saturated rings. The highest BCUT2D eigenvalue weighted by Gasteiger charge is 2.37. The molecule has 1 aliphatic rings. The van der Waals surface area contributed by atoms with Crippen molar-refractivity contribution < 1.29 is 18.0 Å². The number of nitrogens with zero attached hydrogens (tertiary/aromatic N) is 1. The summed E-state index contributed by atoms with van der Waals surface area (Å²) in [5.74, 6) is -0.988. The first-order valence-corrected chi connectivity index (χ1v) is 7.66. The fraction of sp³-hybridized carbons (Fsp3) is 0.364. The zero-order valence-electron chi connectivity index (χ0n) is 10.3. The van der Waals surface area contributed by atoms with Crippen molar-refractivity contribution in [2.45, 2.75) is 23.8 Å². The minimum atomic E-state index is -4.07. The largest absolute Gasteiger partial charge is 0.409 e. The number of sulfonamides is 1. The lowest BCUT2D eigenvalue weighted by Crippen LogP contribution is -2.46. The predicted octanol–water partition coefficient (Wildman–Crippen LogP) is 1.28. The van der Waals surface area contributed by atoms with Gasteiger partial charge in [-0.25, -0.2) is 17.5 Å². The lowest BCUT2D eigenvalue weighted by molar-refractivity contribution is 0.314. The Morgan fingerprint density at radius 1 is 1.55 bits per heavy atom. The molecular formula is C11H13ClFN3O3S. The van der Waals surface area contributed by atoms with Gasteiger partial charge in [0, 0.05) is 0 Å². The fourth-order valence-corrected chi connectivity index (χ4v) is 3.59. The minimum absolute atomic E-state index is 0.0343. The first-order valence-electron chi connectivity index (χ1n) is 5.80. The van der Waals surface area contributed by atoms with Gasteiger partial charge in [-0.3, -0.25) is 0 Å². The molecule has 1 unspecified atom stereocenters. The third-order valence-electron chi connectivity index (χ3n) is 2.99. The molecular weight excluding hydrogens is 309 g/mol. The molecule has 0 spiro atoms. The van der Waals surface area contributed by atoms with Gasteiger partial charge >= 0.3 is 0 Å². The maximum atomic E-state index is 13.2. The summed E-state index contributed by atoms with van der Waals surface area (Å²) in [6.45, 7) is 0. The average Bonchev–Trinajstić information content (AvgIpc) is 3.22. The quantitative estimate of drug-likeness (QED) is 0.329. The van der Waals surface area contributed by atoms with Gasteiger partial charge in [0.1, 0.15) is 10.7 Å². The molecule has 20 heavy (non-hydrogen) atoms. The summed E-state index contributed by atoms with van der Waals surface area (Å²) < 4.78 is 39.9. The second-order valence-electron chi connectivity index (χ2n) is 4.54. The number of hydrogen-bond donors (Lipinski definition) is 3. The first-order chi connectivity index (χ1) is 9.35. The molecule has 9 heteroatoms. The SMILES string of the molecule is N/C(=N/O)C(NS(=O)(=O)c1cc(F)ccc1Cl)C1CC1. The Morgan fingerprint density at radius 3 is 2.75 bits per heavy atom. The highest BCUT2D eigenvalue weighted by molar-refractivity contribution is 7.89. The van der Waals surface area contributed by atoms with E-state index in [0.717, 1.165) is 31.0 Å². The van der Waals surface area contributed by atoms with Crippen LogP contribution >= 0.6 is 11.6 Å². The van der Waals surface area contributed by atoms with Gasteiger partial charge in [0.2, 0.25) is 10.0 Å². The highest BCUT2D eigenvalue weighted by atomic mass is 35.5. The number of nitrogens with one attached hydrogen (secondary N) is 1. The molecule has 0 aliphatic heterocycles. The van der Waals surface area contributed by atoms with E-state index >= 15 is 0 Å². The van der Waals surface area contributed by atoms with Crippen LogP contribution in [0.25, 0.3) is 0 Å². The number of halogens is 2. The number of benzene rings is 1. The van der Waals surface area contributed by atoms with Crippen molar-refractivity contribution in [3.63, 3.8) is 0 Å². The van der Waals surface area contributed by atoms with Crippen LogP contribution in [0.15, 0.2) is 28.3 Å². The minimum Gasteiger partial charge on any atom is -0.409 e. The summed E-state index contributed by atoms with van der Waals surface area (Å²) in [6.07, 6.45) is 1.53. The second kappa shape index (κ2) is 5.55. The maximum absolute atomic E-state index is 13.2. The number of hydrogen-bond acceptors (Lipinski definition) is 4. The van der Waals surface area contributed by atoms with Gasteiger partial charge in [-0.15, -0.1) is 0 Å². The van der Waals surface area contributed by atoms with Crippen LogP contribution in [0.4, 0.5) is 4.39 Å². The van der Waals surface area contributed by atoms with Crippen LogP contribution in [-0.2, 0) is 10.0 Å². The Labute approximate surface area is 120 Å². The van der Waals surface area contributed by atoms with E-state index in [2.05, 4.69) is 9.88 Å². The fourth-order valence-electron chi connectivity index (χ4n) is 1.80. The van der Waals surface area contributed by atoms with E-state index in [4.69, 9.17) is 22.5 Å². The normalized spacial score (nSPS) is 18.0. The molecule has 2 rings (SSSR count). The van der Waals surface area contributed by atoms with E-state index in [1.165, 1.54) is 0 Å². The molecule has 0 saturated heterocycles. The average molecular weight is 322 g/mol. The van der Waals surface area contributed by atoms with Crippen LogP contribution < -0.4 is 10.5 Å². The third kappa shape index (κ3) is 3.20. The summed E-state index contributed by atoms with van der Waals surface area (Å²) in [5.41, 5.74) is 5.48. The van der Waals surface area contributed by atoms with Gasteiger partial charge in [-0.1, -0.05) is 16.8 Å². The topological polar surface area (TPSA) is 105 Å². The molecule has 0 aromatic heterocycles. The smallest absolute Gasteiger partial charge is 0.242 e. The summed E-state index contributed by atoms with van der Waals surface area (Å²) in [5, 5.41) is 11.4. The number of oxime groups is 1. The van der Waals surface area contributed by atoms with Crippen molar-refractivity contribution >= 4 is 27.5 Å². The molecule has 1 atom stereocenters. The van der Waals surface area contributed by atoms with E-state index in [1.54, 1.807) is 0 Å². The lowest BCUT2D eigenvalue weighted by atomic mass is 10.2. The monoisotopic (exact) mass is 321 g/mol. The van der Waals surface area contributed by atoms with Gasteiger partial charge in [0.15, 0.2) is 5.84 Å². The molecule has 1 saturated carbocycles. The number of rotatable bonds is 5. The molecule has 110 valence electrons. The lowest BCUT2D eigenvalue weighted by Gasteiger charge is -2.17. The van der Waals surface area contributed by atoms with E-state index in [9.17, 15) is 12.8 Å². The van der Waals surface area contributed by atoms with E-state index in [1.807, 2.05) is 0 Å². The molecule has 4 N–H and O–H groups in total. The Hall–Kier alpha value is -1.38. The van der Waals surface area contributed by atoms with Crippen molar-refractivity contribution in [3.8, 4) is 0 Å². The summed E-state index contributed by atoms with van der Waals surface area (Å²) in [6, 6.07) is 2.20. The van der Waals surface area contributed by atoms with Crippen LogP contribution in [-0.4, -0.2) is 25.5 Å². The van der Waals surface area contributed by atoms with Gasteiger partial charge in [-0.05, 0) is 37.0 Å². The van der Waals surface area contributed by atoms with Crippen molar-refractivity contribution in [1.29, 1.82) is 0 Å². The van der Waals surface area contributed by atoms with Gasteiger partial charge in [0.25, 0.3) is 0 Å². The second-order valence-corrected chi connectivity index (χ2v) is 6.63. The van der Waals surface area contributed by atoms with E-state index in [0.29, 0.717) is 0 Å². The Balaban J connectivity index is 2.32. The highest BCUT2D eigenvalue weighted by Crippen LogP contribution is 2.34. The van der Waals surface area contributed by atoms with Crippen LogP contribution in [0.2, 0.25) is 5.02 Å². The summed E-state index contributed by atoms with van der Waals surface area (Å²) >= 11 is 5.78. The summed E-state index contributed by atoms with van der Waals surface area (Å²) in [4.78, 5) is -0.379. The van der Waals surface area contributed by atoms with Crippen LogP contribution in [0.1, 0.15) is 12.8 Å². The van der Waals surface area contributed by atoms with Crippen LogP contribution in [0.3, 0.4) is 0 Å². The Morgan fingerprint density at radius 2 is 2.20 bits per heavy atom. The van der Waals surface area contributed by atoms with E-state index < -0.39 is 21.9 Å². The number of nitrogens with two attached hydrogens (primary N) is 1. The molecule has 0 amide bonds. The van der Waals surface area contributed by atoms with Crippen molar-refractivity contribution in [2.24, 2.45) is 16.8 Å². The zero-order valence-corrected chi connectivity index (χ0v) is 11.8. The molecule has 1 aromatic carbocycles. The molecule has 1 aromatic rings. The first kappa shape index (κ1) is 15.0. The maximum Gasteiger partial charge on any atom is 0.242 e. The van der Waals surface area contributed by atoms with E-state index in [-0.39, 0.29) is 21.7 Å². The zero-order chi connectivity index (χ0) is 14.9. The number of amidine groups is 1. The molecule has 0 bridgehead atoms. The van der Waals surface area contributed by atoms with Gasteiger partial charge < -0.3 is 10.9 Å². The standard InChI is InChI=1S/C11H13ClFN3O3S/c12-8-4-3-7(13)5-9(8)20(18,19)16-10(6-1-2-6)11(14)15-17/h3-6,10,16-17H,1-2H2,(H2,14,15). The third-order valence-corrected chi connectivity index (χ3v) is 4.92. The molecule has 6 nitrogen and oxygen atoms in total. The van der Waals surface area contributed by atoms with Crippen molar-refractivity contribution in [3.05, 3.63) is 29.0 Å². The van der Waals surface area contributed by atoms with Crippen molar-refractivity contribution in [2.75, 3.05) is 0 Å². The van der Waals surface area contributed by atoms with Crippen molar-refractivity contribution in [1.82, 2.24) is 4.72 Å². The molecule has 0 heterocycles. The summed E-state index contributed by atoms with van der Waals surface area (Å²) in [7, 11) is -4.07.